The van der Waals surface area contributed by atoms with Crippen LogP contribution in [-0.2, 0) is 48.7 Å². The number of hydrogen-bond donors (Lipinski definition) is 0. The second kappa shape index (κ2) is 17.2. The van der Waals surface area contributed by atoms with Gasteiger partial charge in [-0.3, -0.25) is 0 Å². The molecule has 0 aliphatic carbocycles. The minimum Gasteiger partial charge on any atom is -2.00 e. The van der Waals surface area contributed by atoms with Crippen molar-refractivity contribution in [2.75, 3.05) is 0 Å². The number of hydrogen-bond acceptors (Lipinski definition) is 0. The Bertz CT molecular complexity index is 8.00. The summed E-state index contributed by atoms with van der Waals surface area (Å²) in [4.78, 5) is 0. The molecule has 0 aromatic carbocycles. The fourth-order valence-corrected chi connectivity index (χ4v) is 0. The van der Waals surface area contributed by atoms with Gasteiger partial charge in [0, 0.05) is 0 Å². The van der Waals surface area contributed by atoms with Crippen LogP contribution in [0.4, 0.5) is 0 Å². The predicted octanol–water partition coefficient (Wildman–Crippen LogP) is -0.124. The van der Waals surface area contributed by atoms with E-state index in [0.29, 0.717) is 0 Å². The van der Waals surface area contributed by atoms with E-state index in [-0.39, 0.29) is 89.6 Å². The van der Waals surface area contributed by atoms with E-state index in [0.717, 1.165) is 0 Å². The molecule has 0 rings (SSSR count). The molecule has 1 nitrogen and oxygen atoms in total. The van der Waals surface area contributed by atoms with Crippen molar-refractivity contribution in [3.8, 4) is 0 Å². The standard InChI is InChI=1S/Mn.Nd.O.Zr/q+2;+3;-2;+4. The molecule has 0 amide bonds. The summed E-state index contributed by atoms with van der Waals surface area (Å²) in [7, 11) is 0. The Balaban J connectivity index is 0. The first kappa shape index (κ1) is 29.8. The van der Waals surface area contributed by atoms with Gasteiger partial charge in [0.15, 0.2) is 0 Å². The Morgan fingerprint density at radius 2 is 1.00 bits per heavy atom. The molecule has 14 valence electrons. The van der Waals surface area contributed by atoms with Crippen molar-refractivity contribution in [3.05, 3.63) is 0 Å². The Morgan fingerprint density at radius 3 is 1.00 bits per heavy atom. The minimum atomic E-state index is 0. The molecule has 0 aliphatic rings. The van der Waals surface area contributed by atoms with E-state index >= 15 is 0 Å². The van der Waals surface area contributed by atoms with Gasteiger partial charge >= 0.3 is 84.1 Å². The van der Waals surface area contributed by atoms with E-state index in [1.54, 1.807) is 0 Å². The molecular weight excluding hydrogens is 306 g/mol. The minimum absolute atomic E-state index is 0. The largest absolute Gasteiger partial charge is 4.00 e. The van der Waals surface area contributed by atoms with Crippen LogP contribution in [-0.4, -0.2) is 0 Å². The Morgan fingerprint density at radius 1 is 1.00 bits per heavy atom. The first-order valence-corrected chi connectivity index (χ1v) is 0. The first-order valence-electron chi connectivity index (χ1n) is 0. The summed E-state index contributed by atoms with van der Waals surface area (Å²) in [5.41, 5.74) is 0. The van der Waals surface area contributed by atoms with E-state index in [2.05, 4.69) is 0 Å². The van der Waals surface area contributed by atoms with Gasteiger partial charge in [0.1, 0.15) is 0 Å². The zero-order chi connectivity index (χ0) is 0. The van der Waals surface area contributed by atoms with Crippen molar-refractivity contribution >= 4 is 0 Å². The van der Waals surface area contributed by atoms with Gasteiger partial charge in [0.2, 0.25) is 0 Å². The molecule has 0 heterocycles. The molecule has 4 heavy (non-hydrogen) atoms. The normalized spacial score (nSPS) is 0. The summed E-state index contributed by atoms with van der Waals surface area (Å²) in [5, 5.41) is 0. The molecule has 0 aromatic heterocycles. The van der Waals surface area contributed by atoms with Gasteiger partial charge in [-0.05, 0) is 0 Å². The van der Waals surface area contributed by atoms with Crippen LogP contribution < -0.4 is 0 Å². The Hall–Kier alpha value is 2.71. The zero-order valence-electron chi connectivity index (χ0n) is 1.79. The van der Waals surface area contributed by atoms with Crippen molar-refractivity contribution in [2.45, 2.75) is 0 Å². The Kier molecular flexibility index (Phi) is 128. The summed E-state index contributed by atoms with van der Waals surface area (Å²) < 4.78 is 0. The third-order valence-corrected chi connectivity index (χ3v) is 0. The maximum Gasteiger partial charge on any atom is 4.00 e. The zero-order valence-corrected chi connectivity index (χ0v) is 8.63. The van der Waals surface area contributed by atoms with Crippen LogP contribution in [0.3, 0.4) is 0 Å². The van der Waals surface area contributed by atoms with E-state index in [4.69, 9.17) is 0 Å². The van der Waals surface area contributed by atoms with Crippen LogP contribution in [0.15, 0.2) is 0 Å². The van der Waals surface area contributed by atoms with Crippen LogP contribution in [0.2, 0.25) is 0 Å². The summed E-state index contributed by atoms with van der Waals surface area (Å²) >= 11 is 0. The van der Waals surface area contributed by atoms with E-state index in [9.17, 15) is 0 Å². The monoisotopic (exact) mass is 303 g/mol. The van der Waals surface area contributed by atoms with Crippen LogP contribution >= 0.6 is 0 Å². The van der Waals surface area contributed by atoms with E-state index < -0.39 is 0 Å². The summed E-state index contributed by atoms with van der Waals surface area (Å²) in [6, 6.07) is 0. The first-order chi connectivity index (χ1) is 0. The third kappa shape index (κ3) is 8.83. The van der Waals surface area contributed by atoms with Crippen molar-refractivity contribution < 1.29 is 89.6 Å². The fraction of sp³-hybridized carbons (Fsp3) is 0. The SMILES string of the molecule is [Mn+2].[Nd+3].[O-2].[Zr+4]. The van der Waals surface area contributed by atoms with Crippen molar-refractivity contribution in [2.24, 2.45) is 0 Å². The second-order valence-corrected chi connectivity index (χ2v) is 0. The van der Waals surface area contributed by atoms with Gasteiger partial charge in [0.05, 0.1) is 0 Å². The molecule has 0 spiro atoms. The van der Waals surface area contributed by atoms with Gasteiger partial charge < -0.3 is 5.48 Å². The molecule has 4 heteroatoms. The predicted molar refractivity (Wildman–Crippen MR) is 0.686 cm³/mol. The molecule has 0 fully saturated rings. The van der Waals surface area contributed by atoms with Gasteiger partial charge in [-0.2, -0.15) is 0 Å². The van der Waals surface area contributed by atoms with Crippen LogP contribution in [0.5, 0.6) is 0 Å². The van der Waals surface area contributed by atoms with Gasteiger partial charge in [0.25, 0.3) is 0 Å². The fourth-order valence-electron chi connectivity index (χ4n) is 0. The third-order valence-electron chi connectivity index (χ3n) is 0. The molecule has 0 bridgehead atoms. The summed E-state index contributed by atoms with van der Waals surface area (Å²) in [6.45, 7) is 0. The van der Waals surface area contributed by atoms with Gasteiger partial charge in [-0.1, -0.05) is 0 Å². The molecule has 0 unspecified atom stereocenters. The van der Waals surface area contributed by atoms with Gasteiger partial charge in [-0.15, -0.1) is 0 Å². The van der Waals surface area contributed by atoms with Crippen molar-refractivity contribution in [1.29, 1.82) is 0 Å². The topological polar surface area (TPSA) is 28.5 Å². The second-order valence-electron chi connectivity index (χ2n) is 0. The molecule has 0 aliphatic heterocycles. The van der Waals surface area contributed by atoms with Crippen LogP contribution in [0.25, 0.3) is 0 Å². The molecule has 0 aromatic rings. The maximum absolute atomic E-state index is 0. The molecule has 2 radical (unpaired) electrons. The van der Waals surface area contributed by atoms with Crippen LogP contribution in [0, 0.1) is 40.8 Å². The smallest absolute Gasteiger partial charge is 2.00 e. The quantitative estimate of drug-likeness (QED) is 0.558. The van der Waals surface area contributed by atoms with Crippen LogP contribution in [0.1, 0.15) is 0 Å². The molecule has 0 saturated heterocycles. The number of rotatable bonds is 0. The maximum atomic E-state index is 0. The summed E-state index contributed by atoms with van der Waals surface area (Å²) in [5.74, 6) is 0. The molecule has 0 atom stereocenters. The van der Waals surface area contributed by atoms with E-state index in [1.807, 2.05) is 0 Å². The molecule has 0 N–H and O–H groups in total. The summed E-state index contributed by atoms with van der Waals surface area (Å²) in [6.07, 6.45) is 0. The average molecular weight is 306 g/mol. The average Bonchev–Trinajstić information content (AvgIpc) is 0. The molecular formula is MnNdOZr+7. The van der Waals surface area contributed by atoms with Crippen molar-refractivity contribution in [1.82, 2.24) is 0 Å². The van der Waals surface area contributed by atoms with Gasteiger partial charge in [-0.25, -0.2) is 0 Å². The molecule has 0 saturated carbocycles. The van der Waals surface area contributed by atoms with E-state index in [1.165, 1.54) is 0 Å². The van der Waals surface area contributed by atoms with Crippen molar-refractivity contribution in [3.63, 3.8) is 0 Å². The Labute approximate surface area is 87.7 Å².